The molecular weight excluding hydrogens is 360 g/mol. The first-order valence-electron chi connectivity index (χ1n) is 5.53. The van der Waals surface area contributed by atoms with E-state index < -0.39 is 0 Å². The molecule has 0 radical (unpaired) electrons. The maximum Gasteiger partial charge on any atom is 0.179 e. The monoisotopic (exact) mass is 368 g/mol. The van der Waals surface area contributed by atoms with Crippen molar-refractivity contribution in [3.63, 3.8) is 0 Å². The van der Waals surface area contributed by atoms with E-state index in [0.717, 1.165) is 39.1 Å². The number of aromatic nitrogens is 3. The quantitative estimate of drug-likeness (QED) is 0.839. The van der Waals surface area contributed by atoms with Crippen LogP contribution in [0.3, 0.4) is 0 Å². The molecule has 0 saturated heterocycles. The molecule has 4 nitrogen and oxygen atoms in total. The fraction of sp³-hybridized carbons (Fsp3) is 0.250. The molecule has 2 aromatic rings. The molecule has 0 atom stereocenters. The third-order valence-electron chi connectivity index (χ3n) is 2.91. The highest BCUT2D eigenvalue weighted by atomic mass is 79.9. The van der Waals surface area contributed by atoms with Gasteiger partial charge in [0.05, 0.1) is 5.69 Å². The third kappa shape index (κ3) is 2.08. The van der Waals surface area contributed by atoms with E-state index in [9.17, 15) is 0 Å². The van der Waals surface area contributed by atoms with Crippen LogP contribution in [0.2, 0.25) is 0 Å². The van der Waals surface area contributed by atoms with E-state index in [0.29, 0.717) is 5.82 Å². The van der Waals surface area contributed by atoms with Crippen LogP contribution in [0, 0.1) is 6.92 Å². The normalized spacial score (nSPS) is 13.7. The Morgan fingerprint density at radius 3 is 2.83 bits per heavy atom. The fourth-order valence-electron chi connectivity index (χ4n) is 2.02. The number of hydrogen-bond acceptors (Lipinski definition) is 4. The molecule has 0 fully saturated rings. The van der Waals surface area contributed by atoms with Crippen LogP contribution in [0.4, 0.5) is 0 Å². The van der Waals surface area contributed by atoms with E-state index in [4.69, 9.17) is 0 Å². The van der Waals surface area contributed by atoms with Crippen LogP contribution in [0.1, 0.15) is 17.0 Å². The second kappa shape index (κ2) is 4.68. The van der Waals surface area contributed by atoms with E-state index in [1.807, 2.05) is 13.0 Å². The lowest BCUT2D eigenvalue weighted by Gasteiger charge is -2.07. The van der Waals surface area contributed by atoms with Gasteiger partial charge in [0.2, 0.25) is 0 Å². The lowest BCUT2D eigenvalue weighted by atomic mass is 10.2. The Balaban J connectivity index is 2.15. The van der Waals surface area contributed by atoms with Crippen LogP contribution in [-0.4, -0.2) is 15.0 Å². The molecule has 0 amide bonds. The SMILES string of the molecule is Cc1nc(-c2ncc(Br)cc2Br)nc2c1CNC2. The molecule has 18 heavy (non-hydrogen) atoms. The van der Waals surface area contributed by atoms with Gasteiger partial charge in [0.25, 0.3) is 0 Å². The molecule has 1 N–H and O–H groups in total. The zero-order chi connectivity index (χ0) is 12.7. The Hall–Kier alpha value is -0.850. The molecule has 1 aliphatic rings. The van der Waals surface area contributed by atoms with Gasteiger partial charge in [0.15, 0.2) is 5.82 Å². The Morgan fingerprint density at radius 1 is 1.22 bits per heavy atom. The van der Waals surface area contributed by atoms with E-state index in [2.05, 4.69) is 52.1 Å². The predicted octanol–water partition coefficient (Wildman–Crippen LogP) is 2.98. The van der Waals surface area contributed by atoms with Gasteiger partial charge in [-0.3, -0.25) is 4.98 Å². The zero-order valence-corrected chi connectivity index (χ0v) is 12.8. The average molecular weight is 370 g/mol. The summed E-state index contributed by atoms with van der Waals surface area (Å²) >= 11 is 6.89. The maximum atomic E-state index is 4.59. The largest absolute Gasteiger partial charge is 0.307 e. The lowest BCUT2D eigenvalue weighted by Crippen LogP contribution is -2.01. The highest BCUT2D eigenvalue weighted by Crippen LogP contribution is 2.28. The van der Waals surface area contributed by atoms with Gasteiger partial charge in [-0.1, -0.05) is 0 Å². The Labute approximate surface area is 122 Å². The molecule has 0 bridgehead atoms. The maximum absolute atomic E-state index is 4.59. The highest BCUT2D eigenvalue weighted by molar-refractivity contribution is 9.11. The minimum Gasteiger partial charge on any atom is -0.307 e. The molecule has 92 valence electrons. The van der Waals surface area contributed by atoms with Gasteiger partial charge < -0.3 is 5.32 Å². The molecular formula is C12H10Br2N4. The predicted molar refractivity (Wildman–Crippen MR) is 75.9 cm³/mol. The number of fused-ring (bicyclic) bond motifs is 1. The van der Waals surface area contributed by atoms with Crippen molar-refractivity contribution in [2.24, 2.45) is 0 Å². The van der Waals surface area contributed by atoms with Gasteiger partial charge in [0, 0.05) is 39.5 Å². The summed E-state index contributed by atoms with van der Waals surface area (Å²) in [5.74, 6) is 0.675. The summed E-state index contributed by atoms with van der Waals surface area (Å²) < 4.78 is 1.82. The first-order valence-corrected chi connectivity index (χ1v) is 7.12. The van der Waals surface area contributed by atoms with Crippen molar-refractivity contribution in [3.8, 4) is 11.5 Å². The van der Waals surface area contributed by atoms with Gasteiger partial charge in [-0.05, 0) is 44.8 Å². The Bertz CT molecular complexity index is 628. The first-order chi connectivity index (χ1) is 8.65. The van der Waals surface area contributed by atoms with Gasteiger partial charge in [0.1, 0.15) is 5.69 Å². The summed E-state index contributed by atoms with van der Waals surface area (Å²) in [6.45, 7) is 3.68. The molecule has 1 aliphatic heterocycles. The van der Waals surface area contributed by atoms with Crippen molar-refractivity contribution in [3.05, 3.63) is 38.2 Å². The standard InChI is InChI=1S/C12H10Br2N4/c1-6-8-4-15-5-10(8)18-12(17-6)11-9(14)2-7(13)3-16-11/h2-3,15H,4-5H2,1H3. The second-order valence-corrected chi connectivity index (χ2v) is 5.92. The van der Waals surface area contributed by atoms with Crippen molar-refractivity contribution in [2.75, 3.05) is 0 Å². The summed E-state index contributed by atoms with van der Waals surface area (Å²) in [5.41, 5.74) is 4.09. The van der Waals surface area contributed by atoms with E-state index >= 15 is 0 Å². The molecule has 0 spiro atoms. The van der Waals surface area contributed by atoms with Crippen molar-refractivity contribution < 1.29 is 0 Å². The van der Waals surface area contributed by atoms with Crippen molar-refractivity contribution >= 4 is 31.9 Å². The average Bonchev–Trinajstić information content (AvgIpc) is 2.77. The lowest BCUT2D eigenvalue weighted by molar-refractivity contribution is 0.757. The van der Waals surface area contributed by atoms with Crippen molar-refractivity contribution in [1.29, 1.82) is 0 Å². The fourth-order valence-corrected chi connectivity index (χ4v) is 3.19. The molecule has 3 heterocycles. The number of nitrogens with zero attached hydrogens (tertiary/aromatic N) is 3. The van der Waals surface area contributed by atoms with Gasteiger partial charge in [-0.25, -0.2) is 9.97 Å². The minimum absolute atomic E-state index is 0.675. The van der Waals surface area contributed by atoms with Crippen LogP contribution in [-0.2, 0) is 13.1 Å². The minimum atomic E-state index is 0.675. The molecule has 6 heteroatoms. The van der Waals surface area contributed by atoms with Crippen LogP contribution >= 0.6 is 31.9 Å². The number of aryl methyl sites for hydroxylation is 1. The van der Waals surface area contributed by atoms with Gasteiger partial charge in [-0.2, -0.15) is 0 Å². The summed E-state index contributed by atoms with van der Waals surface area (Å²) in [6.07, 6.45) is 1.75. The first kappa shape index (κ1) is 12.2. The smallest absolute Gasteiger partial charge is 0.179 e. The zero-order valence-electron chi connectivity index (χ0n) is 9.67. The molecule has 0 aromatic carbocycles. The molecule has 2 aromatic heterocycles. The second-order valence-electron chi connectivity index (χ2n) is 4.15. The number of pyridine rings is 1. The van der Waals surface area contributed by atoms with Crippen LogP contribution in [0.25, 0.3) is 11.5 Å². The number of rotatable bonds is 1. The Kier molecular flexibility index (Phi) is 3.17. The summed E-state index contributed by atoms with van der Waals surface area (Å²) in [4.78, 5) is 13.5. The highest BCUT2D eigenvalue weighted by Gasteiger charge is 2.18. The van der Waals surface area contributed by atoms with E-state index in [-0.39, 0.29) is 0 Å². The van der Waals surface area contributed by atoms with E-state index in [1.165, 1.54) is 5.56 Å². The number of halogens is 2. The van der Waals surface area contributed by atoms with Crippen molar-refractivity contribution in [1.82, 2.24) is 20.3 Å². The van der Waals surface area contributed by atoms with Crippen LogP contribution < -0.4 is 5.32 Å². The van der Waals surface area contributed by atoms with Gasteiger partial charge in [-0.15, -0.1) is 0 Å². The summed E-state index contributed by atoms with van der Waals surface area (Å²) in [5, 5.41) is 3.29. The van der Waals surface area contributed by atoms with Crippen molar-refractivity contribution in [2.45, 2.75) is 20.0 Å². The molecule has 0 aliphatic carbocycles. The number of hydrogen-bond donors (Lipinski definition) is 1. The number of nitrogens with one attached hydrogen (secondary N) is 1. The summed E-state index contributed by atoms with van der Waals surface area (Å²) in [7, 11) is 0. The van der Waals surface area contributed by atoms with E-state index in [1.54, 1.807) is 6.20 Å². The molecule has 0 unspecified atom stereocenters. The van der Waals surface area contributed by atoms with Gasteiger partial charge >= 0.3 is 0 Å². The summed E-state index contributed by atoms with van der Waals surface area (Å²) in [6, 6.07) is 1.95. The molecule has 3 rings (SSSR count). The third-order valence-corrected chi connectivity index (χ3v) is 3.95. The topological polar surface area (TPSA) is 50.7 Å². The molecule has 0 saturated carbocycles. The van der Waals surface area contributed by atoms with Crippen LogP contribution in [0.5, 0.6) is 0 Å². The Morgan fingerprint density at radius 2 is 2.06 bits per heavy atom. The van der Waals surface area contributed by atoms with Crippen LogP contribution in [0.15, 0.2) is 21.2 Å².